The first-order valence-electron chi connectivity index (χ1n) is 10.6. The van der Waals surface area contributed by atoms with Gasteiger partial charge in [-0.2, -0.15) is 0 Å². The summed E-state index contributed by atoms with van der Waals surface area (Å²) >= 11 is 0. The Labute approximate surface area is 174 Å². The molecular formula is C26H32O3. The Hall–Kier alpha value is -2.39. The van der Waals surface area contributed by atoms with Gasteiger partial charge in [0.1, 0.15) is 0 Å². The van der Waals surface area contributed by atoms with Crippen molar-refractivity contribution in [2.24, 2.45) is 5.92 Å². The molecular weight excluding hydrogens is 360 g/mol. The van der Waals surface area contributed by atoms with Gasteiger partial charge in [0.15, 0.2) is 0 Å². The lowest BCUT2D eigenvalue weighted by Gasteiger charge is -2.26. The number of ether oxygens (including phenoxy) is 1. The number of benzene rings is 2. The van der Waals surface area contributed by atoms with Gasteiger partial charge in [0.25, 0.3) is 0 Å². The molecule has 1 aliphatic rings. The molecule has 1 N–H and O–H groups in total. The SMILES string of the molecule is C=C(C)C(=O)OCCc1cc(CO)ccc1-c1ccc(C2CCC(C)CC2)cc1. The molecule has 1 saturated carbocycles. The molecule has 2 aromatic carbocycles. The van der Waals surface area contributed by atoms with Crippen LogP contribution in [-0.4, -0.2) is 17.7 Å². The lowest BCUT2D eigenvalue weighted by molar-refractivity contribution is -0.138. The van der Waals surface area contributed by atoms with E-state index in [1.54, 1.807) is 6.92 Å². The molecule has 1 aliphatic carbocycles. The van der Waals surface area contributed by atoms with E-state index >= 15 is 0 Å². The van der Waals surface area contributed by atoms with Crippen molar-refractivity contribution >= 4 is 5.97 Å². The van der Waals surface area contributed by atoms with E-state index in [1.165, 1.54) is 31.2 Å². The fourth-order valence-electron chi connectivity index (χ4n) is 4.14. The van der Waals surface area contributed by atoms with Crippen molar-refractivity contribution in [1.82, 2.24) is 0 Å². The third-order valence-corrected chi connectivity index (χ3v) is 6.01. The lowest BCUT2D eigenvalue weighted by Crippen LogP contribution is -2.10. The van der Waals surface area contributed by atoms with Crippen molar-refractivity contribution in [3.8, 4) is 11.1 Å². The predicted octanol–water partition coefficient (Wildman–Crippen LogP) is 5.80. The van der Waals surface area contributed by atoms with Crippen LogP contribution in [0.25, 0.3) is 11.1 Å². The van der Waals surface area contributed by atoms with Gasteiger partial charge in [-0.25, -0.2) is 4.79 Å². The predicted molar refractivity (Wildman–Crippen MR) is 118 cm³/mol. The third kappa shape index (κ3) is 5.57. The molecule has 0 aromatic heterocycles. The van der Waals surface area contributed by atoms with E-state index in [-0.39, 0.29) is 12.6 Å². The number of aliphatic hydroxyl groups is 1. The van der Waals surface area contributed by atoms with Gasteiger partial charge in [-0.15, -0.1) is 0 Å². The fourth-order valence-corrected chi connectivity index (χ4v) is 4.14. The Kier molecular flexibility index (Phi) is 7.27. The second kappa shape index (κ2) is 9.89. The van der Waals surface area contributed by atoms with Gasteiger partial charge in [0.2, 0.25) is 0 Å². The van der Waals surface area contributed by atoms with E-state index in [0.717, 1.165) is 28.2 Å². The van der Waals surface area contributed by atoms with E-state index in [4.69, 9.17) is 4.74 Å². The third-order valence-electron chi connectivity index (χ3n) is 6.01. The lowest BCUT2D eigenvalue weighted by atomic mass is 9.79. The van der Waals surface area contributed by atoms with Crippen LogP contribution in [0.5, 0.6) is 0 Å². The monoisotopic (exact) mass is 392 g/mol. The maximum Gasteiger partial charge on any atom is 0.333 e. The molecule has 0 atom stereocenters. The number of rotatable bonds is 7. The van der Waals surface area contributed by atoms with Crippen LogP contribution in [0.1, 0.15) is 62.1 Å². The fraction of sp³-hybridized carbons (Fsp3) is 0.423. The molecule has 3 nitrogen and oxygen atoms in total. The van der Waals surface area contributed by atoms with Gasteiger partial charge in [-0.3, -0.25) is 0 Å². The zero-order valence-corrected chi connectivity index (χ0v) is 17.6. The number of hydrogen-bond acceptors (Lipinski definition) is 3. The van der Waals surface area contributed by atoms with Gasteiger partial charge in [0, 0.05) is 12.0 Å². The van der Waals surface area contributed by atoms with Crippen molar-refractivity contribution < 1.29 is 14.6 Å². The van der Waals surface area contributed by atoms with Crippen LogP contribution in [0.2, 0.25) is 0 Å². The molecule has 3 heteroatoms. The molecule has 0 unspecified atom stereocenters. The maximum atomic E-state index is 11.7. The quantitative estimate of drug-likeness (QED) is 0.478. The van der Waals surface area contributed by atoms with Crippen molar-refractivity contribution in [1.29, 1.82) is 0 Å². The van der Waals surface area contributed by atoms with E-state index in [2.05, 4.69) is 43.8 Å². The summed E-state index contributed by atoms with van der Waals surface area (Å²) in [4.78, 5) is 11.7. The standard InChI is InChI=1S/C26H32O3/c1-18(2)26(28)29-15-14-24-16-20(17-27)6-13-25(24)23-11-9-22(10-12-23)21-7-4-19(3)5-8-21/h6,9-13,16,19,21,27H,1,4-5,7-8,14-15,17H2,2-3H3. The van der Waals surface area contributed by atoms with Crippen molar-refractivity contribution in [3.05, 3.63) is 71.3 Å². The summed E-state index contributed by atoms with van der Waals surface area (Å²) in [6.45, 7) is 7.91. The first kappa shape index (κ1) is 21.3. The molecule has 0 saturated heterocycles. The van der Waals surface area contributed by atoms with Gasteiger partial charge < -0.3 is 9.84 Å². The van der Waals surface area contributed by atoms with E-state index in [9.17, 15) is 9.90 Å². The molecule has 0 heterocycles. The summed E-state index contributed by atoms with van der Waals surface area (Å²) in [7, 11) is 0. The number of carbonyl (C=O) groups excluding carboxylic acids is 1. The van der Waals surface area contributed by atoms with E-state index in [0.29, 0.717) is 24.5 Å². The van der Waals surface area contributed by atoms with Crippen LogP contribution in [0, 0.1) is 5.92 Å². The highest BCUT2D eigenvalue weighted by Crippen LogP contribution is 2.36. The molecule has 0 amide bonds. The molecule has 154 valence electrons. The second-order valence-corrected chi connectivity index (χ2v) is 8.39. The minimum absolute atomic E-state index is 0.00211. The highest BCUT2D eigenvalue weighted by Gasteiger charge is 2.19. The van der Waals surface area contributed by atoms with Crippen LogP contribution < -0.4 is 0 Å². The zero-order chi connectivity index (χ0) is 20.8. The first-order chi connectivity index (χ1) is 14.0. The summed E-state index contributed by atoms with van der Waals surface area (Å²) in [5.41, 5.74) is 6.06. The van der Waals surface area contributed by atoms with Crippen LogP contribution in [0.4, 0.5) is 0 Å². The van der Waals surface area contributed by atoms with Gasteiger partial charge in [-0.1, -0.05) is 68.8 Å². The Morgan fingerprint density at radius 3 is 2.41 bits per heavy atom. The average Bonchev–Trinajstić information content (AvgIpc) is 2.74. The second-order valence-electron chi connectivity index (χ2n) is 8.39. The largest absolute Gasteiger partial charge is 0.462 e. The first-order valence-corrected chi connectivity index (χ1v) is 10.6. The smallest absolute Gasteiger partial charge is 0.333 e. The Morgan fingerprint density at radius 2 is 1.79 bits per heavy atom. The molecule has 0 bridgehead atoms. The number of esters is 1. The Bertz CT molecular complexity index is 843. The molecule has 0 spiro atoms. The van der Waals surface area contributed by atoms with Crippen molar-refractivity contribution in [3.63, 3.8) is 0 Å². The summed E-state index contributed by atoms with van der Waals surface area (Å²) in [5, 5.41) is 9.51. The Balaban J connectivity index is 1.76. The van der Waals surface area contributed by atoms with Crippen LogP contribution in [0.15, 0.2) is 54.6 Å². The summed E-state index contributed by atoms with van der Waals surface area (Å²) < 4.78 is 5.28. The zero-order valence-electron chi connectivity index (χ0n) is 17.6. The van der Waals surface area contributed by atoms with E-state index in [1.807, 2.05) is 12.1 Å². The van der Waals surface area contributed by atoms with Gasteiger partial charge >= 0.3 is 5.97 Å². The summed E-state index contributed by atoms with van der Waals surface area (Å²) in [5.74, 6) is 1.17. The summed E-state index contributed by atoms with van der Waals surface area (Å²) in [6, 6.07) is 14.9. The average molecular weight is 393 g/mol. The highest BCUT2D eigenvalue weighted by molar-refractivity contribution is 5.86. The molecule has 1 fully saturated rings. The van der Waals surface area contributed by atoms with Crippen LogP contribution >= 0.6 is 0 Å². The minimum atomic E-state index is -0.365. The molecule has 29 heavy (non-hydrogen) atoms. The van der Waals surface area contributed by atoms with Gasteiger partial charge in [-0.05, 0) is 59.4 Å². The normalized spacial score (nSPS) is 19.0. The molecule has 0 radical (unpaired) electrons. The Morgan fingerprint density at radius 1 is 1.10 bits per heavy atom. The van der Waals surface area contributed by atoms with E-state index < -0.39 is 0 Å². The summed E-state index contributed by atoms with van der Waals surface area (Å²) in [6.07, 6.45) is 5.81. The number of carbonyl (C=O) groups is 1. The van der Waals surface area contributed by atoms with Crippen LogP contribution in [-0.2, 0) is 22.6 Å². The van der Waals surface area contributed by atoms with Gasteiger partial charge in [0.05, 0.1) is 13.2 Å². The molecule has 3 rings (SSSR count). The minimum Gasteiger partial charge on any atom is -0.462 e. The molecule has 2 aromatic rings. The molecule has 0 aliphatic heterocycles. The highest BCUT2D eigenvalue weighted by atomic mass is 16.5. The maximum absolute atomic E-state index is 11.7. The number of hydrogen-bond donors (Lipinski definition) is 1. The topological polar surface area (TPSA) is 46.5 Å². The van der Waals surface area contributed by atoms with Crippen molar-refractivity contribution in [2.45, 2.75) is 58.5 Å². The number of aliphatic hydroxyl groups excluding tert-OH is 1. The van der Waals surface area contributed by atoms with Crippen molar-refractivity contribution in [2.75, 3.05) is 6.61 Å². The van der Waals surface area contributed by atoms with Crippen LogP contribution in [0.3, 0.4) is 0 Å².